The van der Waals surface area contributed by atoms with Crippen molar-refractivity contribution in [2.75, 3.05) is 20.3 Å². The number of aliphatic hydroxyl groups is 1. The molecule has 1 aromatic rings. The predicted molar refractivity (Wildman–Crippen MR) is 65.9 cm³/mol. The Morgan fingerprint density at radius 2 is 2.17 bits per heavy atom. The van der Waals surface area contributed by atoms with Gasteiger partial charge in [0.05, 0.1) is 17.7 Å². The van der Waals surface area contributed by atoms with Crippen molar-refractivity contribution in [1.82, 2.24) is 5.32 Å². The fourth-order valence-corrected chi connectivity index (χ4v) is 1.72. The molecule has 0 unspecified atom stereocenters. The number of hydrogen-bond acceptors (Lipinski definition) is 3. The summed E-state index contributed by atoms with van der Waals surface area (Å²) in [6.45, 7) is 1.90. The molecule has 1 amide bonds. The highest BCUT2D eigenvalue weighted by Gasteiger charge is 2.27. The molecule has 0 aromatic heterocycles. The van der Waals surface area contributed by atoms with Crippen LogP contribution in [0.3, 0.4) is 0 Å². The van der Waals surface area contributed by atoms with E-state index in [0.717, 1.165) is 0 Å². The van der Waals surface area contributed by atoms with Gasteiger partial charge in [0.25, 0.3) is 5.91 Å². The summed E-state index contributed by atoms with van der Waals surface area (Å²) in [5, 5.41) is 11.7. The minimum Gasteiger partial charge on any atom is -0.396 e. The number of rotatable bonds is 6. The summed E-state index contributed by atoms with van der Waals surface area (Å²) in [5.41, 5.74) is -0.735. The largest absolute Gasteiger partial charge is 0.396 e. The summed E-state index contributed by atoms with van der Waals surface area (Å²) in [7, 11) is 1.50. The zero-order valence-electron chi connectivity index (χ0n) is 10.6. The molecule has 0 bridgehead atoms. The van der Waals surface area contributed by atoms with Crippen LogP contribution in [-0.2, 0) is 4.74 Å². The number of methoxy groups -OCH3 is 1. The average molecular weight is 255 g/mol. The number of carbonyl (C=O) groups is 1. The zero-order valence-corrected chi connectivity index (χ0v) is 10.6. The first-order chi connectivity index (χ1) is 8.52. The minimum atomic E-state index is -0.719. The molecule has 0 radical (unpaired) electrons. The minimum absolute atomic E-state index is 0.0160. The van der Waals surface area contributed by atoms with Gasteiger partial charge in [-0.2, -0.15) is 0 Å². The molecule has 0 saturated carbocycles. The van der Waals surface area contributed by atoms with Crippen molar-refractivity contribution in [2.24, 2.45) is 0 Å². The van der Waals surface area contributed by atoms with Gasteiger partial charge in [0.15, 0.2) is 0 Å². The molecule has 0 aliphatic carbocycles. The summed E-state index contributed by atoms with van der Waals surface area (Å²) in [5.74, 6) is -1.08. The van der Waals surface area contributed by atoms with E-state index in [4.69, 9.17) is 9.84 Å². The molecule has 0 aliphatic rings. The van der Waals surface area contributed by atoms with E-state index in [9.17, 15) is 9.18 Å². The second-order valence-corrected chi connectivity index (χ2v) is 4.40. The second-order valence-electron chi connectivity index (χ2n) is 4.40. The first-order valence-electron chi connectivity index (χ1n) is 5.69. The van der Waals surface area contributed by atoms with Gasteiger partial charge >= 0.3 is 0 Å². The van der Waals surface area contributed by atoms with Crippen molar-refractivity contribution in [2.45, 2.75) is 18.9 Å². The maximum atomic E-state index is 13.4. The quantitative estimate of drug-likeness (QED) is 0.806. The topological polar surface area (TPSA) is 58.6 Å². The number of halogens is 1. The number of benzene rings is 1. The van der Waals surface area contributed by atoms with Crippen molar-refractivity contribution in [1.29, 1.82) is 0 Å². The highest BCUT2D eigenvalue weighted by atomic mass is 19.1. The van der Waals surface area contributed by atoms with E-state index < -0.39 is 17.3 Å². The molecule has 2 N–H and O–H groups in total. The van der Waals surface area contributed by atoms with E-state index in [0.29, 0.717) is 6.42 Å². The molecule has 18 heavy (non-hydrogen) atoms. The lowest BCUT2D eigenvalue weighted by molar-refractivity contribution is 0.0722. The molecule has 0 saturated heterocycles. The first-order valence-corrected chi connectivity index (χ1v) is 5.69. The highest BCUT2D eigenvalue weighted by molar-refractivity contribution is 5.94. The smallest absolute Gasteiger partial charge is 0.254 e. The molecule has 1 atom stereocenters. The van der Waals surface area contributed by atoms with Gasteiger partial charge in [0.2, 0.25) is 0 Å². The van der Waals surface area contributed by atoms with Gasteiger partial charge < -0.3 is 15.2 Å². The van der Waals surface area contributed by atoms with Crippen LogP contribution in [0.4, 0.5) is 4.39 Å². The van der Waals surface area contributed by atoms with Crippen molar-refractivity contribution >= 4 is 5.91 Å². The Morgan fingerprint density at radius 1 is 1.50 bits per heavy atom. The summed E-state index contributed by atoms with van der Waals surface area (Å²) in [4.78, 5) is 11.9. The summed E-state index contributed by atoms with van der Waals surface area (Å²) in [6.07, 6.45) is 0.334. The van der Waals surface area contributed by atoms with Crippen LogP contribution < -0.4 is 5.32 Å². The maximum Gasteiger partial charge on any atom is 0.254 e. The summed E-state index contributed by atoms with van der Waals surface area (Å²) < 4.78 is 18.5. The van der Waals surface area contributed by atoms with E-state index in [2.05, 4.69) is 5.32 Å². The molecule has 0 aliphatic heterocycles. The van der Waals surface area contributed by atoms with Crippen LogP contribution in [0.15, 0.2) is 24.3 Å². The highest BCUT2D eigenvalue weighted by Crippen LogP contribution is 2.13. The number of amides is 1. The molecule has 5 heteroatoms. The fourth-order valence-electron chi connectivity index (χ4n) is 1.72. The Morgan fingerprint density at radius 3 is 2.72 bits per heavy atom. The van der Waals surface area contributed by atoms with E-state index in [1.54, 1.807) is 13.0 Å². The van der Waals surface area contributed by atoms with E-state index in [1.807, 2.05) is 0 Å². The van der Waals surface area contributed by atoms with E-state index in [1.165, 1.54) is 25.3 Å². The van der Waals surface area contributed by atoms with Crippen LogP contribution in [0.2, 0.25) is 0 Å². The van der Waals surface area contributed by atoms with Crippen LogP contribution in [0, 0.1) is 5.82 Å². The number of ether oxygens (including phenoxy) is 1. The molecule has 4 nitrogen and oxygen atoms in total. The number of nitrogens with one attached hydrogen (secondary N) is 1. The van der Waals surface area contributed by atoms with Gasteiger partial charge in [0, 0.05) is 13.7 Å². The van der Waals surface area contributed by atoms with E-state index in [-0.39, 0.29) is 18.8 Å². The molecule has 100 valence electrons. The average Bonchev–Trinajstić information content (AvgIpc) is 2.29. The molecule has 1 aromatic carbocycles. The fraction of sp³-hybridized carbons (Fsp3) is 0.462. The monoisotopic (exact) mass is 255 g/mol. The van der Waals surface area contributed by atoms with Crippen LogP contribution >= 0.6 is 0 Å². The molecule has 0 heterocycles. The molecule has 0 fully saturated rings. The number of hydrogen-bond donors (Lipinski definition) is 2. The Balaban J connectivity index is 2.82. The predicted octanol–water partition coefficient (Wildman–Crippen LogP) is 1.34. The molecular weight excluding hydrogens is 237 g/mol. The Bertz CT molecular complexity index is 403. The standard InChI is InChI=1S/C13H18FNO3/c1-13(7-8-16,9-18-2)15-12(17)10-5-3-4-6-11(10)14/h3-6,16H,7-9H2,1-2H3,(H,15,17)/t13-/m0/s1. The van der Waals surface area contributed by atoms with Crippen molar-refractivity contribution in [3.8, 4) is 0 Å². The number of aliphatic hydroxyl groups excluding tert-OH is 1. The maximum absolute atomic E-state index is 13.4. The van der Waals surface area contributed by atoms with Gasteiger partial charge in [0.1, 0.15) is 5.82 Å². The summed E-state index contributed by atoms with van der Waals surface area (Å²) >= 11 is 0. The van der Waals surface area contributed by atoms with Gasteiger partial charge in [-0.1, -0.05) is 12.1 Å². The number of carbonyl (C=O) groups excluding carboxylic acids is 1. The van der Waals surface area contributed by atoms with Crippen molar-refractivity contribution in [3.05, 3.63) is 35.6 Å². The Labute approximate surface area is 106 Å². The zero-order chi connectivity index (χ0) is 13.6. The van der Waals surface area contributed by atoms with Gasteiger partial charge in [-0.3, -0.25) is 4.79 Å². The van der Waals surface area contributed by atoms with Crippen LogP contribution in [0.5, 0.6) is 0 Å². The summed E-state index contributed by atoms with van der Waals surface area (Å²) in [6, 6.07) is 5.76. The van der Waals surface area contributed by atoms with E-state index >= 15 is 0 Å². The second kappa shape index (κ2) is 6.47. The molecule has 1 rings (SSSR count). The lowest BCUT2D eigenvalue weighted by Gasteiger charge is -2.29. The first kappa shape index (κ1) is 14.6. The van der Waals surface area contributed by atoms with Crippen LogP contribution in [-0.4, -0.2) is 36.9 Å². The molecule has 0 spiro atoms. The third kappa shape index (κ3) is 3.78. The van der Waals surface area contributed by atoms with Crippen molar-refractivity contribution in [3.63, 3.8) is 0 Å². The van der Waals surface area contributed by atoms with Crippen molar-refractivity contribution < 1.29 is 19.0 Å². The van der Waals surface area contributed by atoms with Gasteiger partial charge in [-0.05, 0) is 25.5 Å². The SMILES string of the molecule is COC[C@](C)(CCO)NC(=O)c1ccccc1F. The van der Waals surface area contributed by atoms with Gasteiger partial charge in [-0.25, -0.2) is 4.39 Å². The third-order valence-electron chi connectivity index (χ3n) is 2.66. The third-order valence-corrected chi connectivity index (χ3v) is 2.66. The lowest BCUT2D eigenvalue weighted by Crippen LogP contribution is -2.50. The van der Waals surface area contributed by atoms with Crippen LogP contribution in [0.25, 0.3) is 0 Å². The normalized spacial score (nSPS) is 14.0. The van der Waals surface area contributed by atoms with Crippen LogP contribution in [0.1, 0.15) is 23.7 Å². The Kier molecular flexibility index (Phi) is 5.25. The van der Waals surface area contributed by atoms with Gasteiger partial charge in [-0.15, -0.1) is 0 Å². The molecular formula is C13H18FNO3. The Hall–Kier alpha value is -1.46. The lowest BCUT2D eigenvalue weighted by atomic mass is 9.98.